The van der Waals surface area contributed by atoms with Gasteiger partial charge in [-0.2, -0.15) is 0 Å². The number of nitrogens with one attached hydrogen (secondary N) is 1. The Morgan fingerprint density at radius 2 is 1.98 bits per heavy atom. The Labute approximate surface area is 235 Å². The first-order valence-corrected chi connectivity index (χ1v) is 13.5. The number of para-hydroxylation sites is 1. The van der Waals surface area contributed by atoms with E-state index >= 15 is 4.39 Å². The number of carbonyl (C=O) groups is 1. The summed E-state index contributed by atoms with van der Waals surface area (Å²) in [4.78, 5) is 20.2. The summed E-state index contributed by atoms with van der Waals surface area (Å²) < 4.78 is 27.3. The number of ether oxygens (including phenoxy) is 1. The van der Waals surface area contributed by atoms with Gasteiger partial charge in [0.1, 0.15) is 35.4 Å². The van der Waals surface area contributed by atoms with Crippen molar-refractivity contribution in [1.29, 1.82) is 0 Å². The number of amides is 1. The summed E-state index contributed by atoms with van der Waals surface area (Å²) in [6, 6.07) is 8.78. The minimum absolute atomic E-state index is 0.0207. The van der Waals surface area contributed by atoms with E-state index < -0.39 is 17.8 Å². The lowest BCUT2D eigenvalue weighted by Gasteiger charge is -2.33. The molecule has 1 amide bonds. The highest BCUT2D eigenvalue weighted by Gasteiger charge is 2.39. The van der Waals surface area contributed by atoms with E-state index in [1.165, 1.54) is 11.0 Å². The number of aryl methyl sites for hydroxylation is 2. The topological polar surface area (TPSA) is 87.8 Å². The molecule has 0 aliphatic carbocycles. The number of rotatable bonds is 8. The van der Waals surface area contributed by atoms with Crippen LogP contribution in [0.4, 0.5) is 15.8 Å². The molecular formula is C32H38FN3O4. The number of anilines is 2. The molecule has 2 aromatic carbocycles. The molecule has 0 spiro atoms. The van der Waals surface area contributed by atoms with Crippen molar-refractivity contribution in [2.75, 3.05) is 16.8 Å². The molecule has 2 heterocycles. The van der Waals surface area contributed by atoms with Crippen molar-refractivity contribution >= 4 is 17.3 Å². The molecule has 2 N–H and O–H groups in total. The predicted molar refractivity (Wildman–Crippen MR) is 155 cm³/mol. The minimum Gasteiger partial charge on any atom is -0.506 e. The lowest BCUT2D eigenvalue weighted by molar-refractivity contribution is 0.0974. The summed E-state index contributed by atoms with van der Waals surface area (Å²) in [6.07, 6.45) is 1.51. The van der Waals surface area contributed by atoms with Crippen molar-refractivity contribution in [2.45, 2.75) is 67.3 Å². The number of phenolic OH excluding ortho intramolecular Hbond substituents is 1. The molecule has 40 heavy (non-hydrogen) atoms. The SMILES string of the molecule is C=C(C)COc1ccc(C2C(C)=C(CC(C)(C)CC)Nc3c(O)cccc3N2C(=O)c2nc(C)oc2C)c(F)c1. The molecule has 1 unspecified atom stereocenters. The Morgan fingerprint density at radius 3 is 2.58 bits per heavy atom. The molecule has 8 heteroatoms. The van der Waals surface area contributed by atoms with E-state index in [1.54, 1.807) is 44.2 Å². The standard InChI is InChI=1S/C32H38FN3O4/c1-9-32(7,8)16-25-19(4)30(23-14-13-22(15-24(23)33)39-17-18(2)3)36(26-11-10-12-27(37)29(26)35-25)31(38)28-20(5)40-21(6)34-28/h10-15,30,35,37H,2,9,16-17H2,1,3-8H3. The number of hydrogen-bond donors (Lipinski definition) is 2. The van der Waals surface area contributed by atoms with Gasteiger partial charge >= 0.3 is 0 Å². The summed E-state index contributed by atoms with van der Waals surface area (Å²) in [7, 11) is 0. The highest BCUT2D eigenvalue weighted by Crippen LogP contribution is 2.48. The number of allylic oxidation sites excluding steroid dienone is 1. The smallest absolute Gasteiger partial charge is 0.281 e. The van der Waals surface area contributed by atoms with Gasteiger partial charge in [0.25, 0.3) is 5.91 Å². The zero-order valence-electron chi connectivity index (χ0n) is 24.3. The Hall–Kier alpha value is -4.07. The van der Waals surface area contributed by atoms with Crippen LogP contribution >= 0.6 is 0 Å². The number of aromatic hydroxyl groups is 1. The van der Waals surface area contributed by atoms with Crippen molar-refractivity contribution in [1.82, 2.24) is 4.98 Å². The molecule has 7 nitrogen and oxygen atoms in total. The molecule has 0 fully saturated rings. The van der Waals surface area contributed by atoms with Crippen molar-refractivity contribution in [3.8, 4) is 11.5 Å². The van der Waals surface area contributed by atoms with Crippen LogP contribution in [0.5, 0.6) is 11.5 Å². The van der Waals surface area contributed by atoms with Crippen LogP contribution in [0.2, 0.25) is 0 Å². The highest BCUT2D eigenvalue weighted by atomic mass is 19.1. The van der Waals surface area contributed by atoms with Crippen molar-refractivity contribution in [3.05, 3.63) is 88.5 Å². The lowest BCUT2D eigenvalue weighted by Crippen LogP contribution is -2.36. The second-order valence-corrected chi connectivity index (χ2v) is 11.3. The van der Waals surface area contributed by atoms with Crippen LogP contribution in [0.25, 0.3) is 0 Å². The number of carbonyl (C=O) groups excluding carboxylic acids is 1. The summed E-state index contributed by atoms with van der Waals surface area (Å²) in [5.74, 6) is 0.0661. The largest absolute Gasteiger partial charge is 0.506 e. The predicted octanol–water partition coefficient (Wildman–Crippen LogP) is 8.00. The maximum atomic E-state index is 16.0. The van der Waals surface area contributed by atoms with Crippen LogP contribution in [-0.2, 0) is 0 Å². The fourth-order valence-corrected chi connectivity index (χ4v) is 4.86. The zero-order chi connectivity index (χ0) is 29.4. The molecule has 0 saturated carbocycles. The Kier molecular flexibility index (Phi) is 8.10. The molecule has 0 bridgehead atoms. The van der Waals surface area contributed by atoms with Gasteiger partial charge in [0.15, 0.2) is 11.6 Å². The normalized spacial score (nSPS) is 15.4. The average Bonchev–Trinajstić information content (AvgIpc) is 3.18. The molecule has 0 radical (unpaired) electrons. The summed E-state index contributed by atoms with van der Waals surface area (Å²) in [5.41, 5.74) is 3.46. The first-order valence-electron chi connectivity index (χ1n) is 13.5. The van der Waals surface area contributed by atoms with Crippen LogP contribution in [0.1, 0.15) is 81.2 Å². The average molecular weight is 548 g/mol. The maximum absolute atomic E-state index is 16.0. The van der Waals surface area contributed by atoms with Crippen molar-refractivity contribution < 1.29 is 23.4 Å². The summed E-state index contributed by atoms with van der Waals surface area (Å²) in [5, 5.41) is 14.4. The molecular weight excluding hydrogens is 509 g/mol. The van der Waals surface area contributed by atoms with Gasteiger partial charge in [-0.25, -0.2) is 9.37 Å². The number of aromatic nitrogens is 1. The monoisotopic (exact) mass is 547 g/mol. The van der Waals surface area contributed by atoms with E-state index in [0.717, 1.165) is 23.3 Å². The van der Waals surface area contributed by atoms with E-state index in [-0.39, 0.29) is 29.0 Å². The van der Waals surface area contributed by atoms with E-state index in [9.17, 15) is 9.90 Å². The third kappa shape index (κ3) is 5.76. The van der Waals surface area contributed by atoms with E-state index in [2.05, 4.69) is 37.7 Å². The second kappa shape index (κ2) is 11.2. The molecule has 1 aromatic heterocycles. The van der Waals surface area contributed by atoms with Gasteiger partial charge in [-0.1, -0.05) is 39.8 Å². The maximum Gasteiger partial charge on any atom is 0.281 e. The lowest BCUT2D eigenvalue weighted by atomic mass is 9.83. The first-order chi connectivity index (χ1) is 18.8. The quantitative estimate of drug-likeness (QED) is 0.219. The second-order valence-electron chi connectivity index (χ2n) is 11.3. The molecule has 1 aliphatic heterocycles. The van der Waals surface area contributed by atoms with Gasteiger partial charge in [0.05, 0.1) is 11.7 Å². The number of fused-ring (bicyclic) bond motifs is 1. The van der Waals surface area contributed by atoms with Crippen LogP contribution < -0.4 is 15.0 Å². The number of oxazole rings is 1. The summed E-state index contributed by atoms with van der Waals surface area (Å²) in [6.45, 7) is 17.6. The molecule has 1 aliphatic rings. The minimum atomic E-state index is -0.850. The zero-order valence-corrected chi connectivity index (χ0v) is 24.3. The Morgan fingerprint density at radius 1 is 1.25 bits per heavy atom. The van der Waals surface area contributed by atoms with E-state index in [0.29, 0.717) is 35.2 Å². The van der Waals surface area contributed by atoms with Gasteiger partial charge < -0.3 is 19.6 Å². The van der Waals surface area contributed by atoms with Gasteiger partial charge in [0.2, 0.25) is 0 Å². The first kappa shape index (κ1) is 28.9. The van der Waals surface area contributed by atoms with Gasteiger partial charge in [-0.05, 0) is 68.0 Å². The van der Waals surface area contributed by atoms with E-state index in [4.69, 9.17) is 9.15 Å². The molecule has 0 saturated heterocycles. The van der Waals surface area contributed by atoms with Crippen molar-refractivity contribution in [2.24, 2.45) is 5.41 Å². The van der Waals surface area contributed by atoms with Crippen LogP contribution in [0, 0.1) is 25.1 Å². The van der Waals surface area contributed by atoms with Gasteiger partial charge in [-0.15, -0.1) is 0 Å². The Balaban J connectivity index is 1.98. The number of benzene rings is 2. The van der Waals surface area contributed by atoms with Crippen molar-refractivity contribution in [3.63, 3.8) is 0 Å². The van der Waals surface area contributed by atoms with Crippen LogP contribution in [0.15, 0.2) is 64.2 Å². The fraction of sp³-hybridized carbons (Fsp3) is 0.375. The fourth-order valence-electron chi connectivity index (χ4n) is 4.86. The number of hydrogen-bond acceptors (Lipinski definition) is 6. The van der Waals surface area contributed by atoms with Crippen LogP contribution in [0.3, 0.4) is 0 Å². The molecule has 4 rings (SSSR count). The molecule has 3 aromatic rings. The van der Waals surface area contributed by atoms with Gasteiger partial charge in [0, 0.05) is 24.3 Å². The highest BCUT2D eigenvalue weighted by molar-refractivity contribution is 6.09. The Bertz CT molecular complexity index is 1490. The van der Waals surface area contributed by atoms with Crippen LogP contribution in [-0.4, -0.2) is 22.6 Å². The van der Waals surface area contributed by atoms with E-state index in [1.807, 2.05) is 13.8 Å². The molecule has 1 atom stereocenters. The number of phenols is 1. The van der Waals surface area contributed by atoms with Gasteiger partial charge in [-0.3, -0.25) is 9.69 Å². The number of nitrogens with zero attached hydrogens (tertiary/aromatic N) is 2. The third-order valence-electron chi connectivity index (χ3n) is 7.39. The summed E-state index contributed by atoms with van der Waals surface area (Å²) >= 11 is 0. The number of halogens is 1. The third-order valence-corrected chi connectivity index (χ3v) is 7.39. The molecule has 212 valence electrons.